The molecule has 1 N–H and O–H groups in total. The van der Waals surface area contributed by atoms with Crippen molar-refractivity contribution < 1.29 is 24.2 Å². The van der Waals surface area contributed by atoms with Crippen molar-refractivity contribution in [1.82, 2.24) is 9.80 Å². The highest BCUT2D eigenvalue weighted by Gasteiger charge is 2.43. The minimum Gasteiger partial charge on any atom is -0.480 e. The number of benzene rings is 3. The van der Waals surface area contributed by atoms with Gasteiger partial charge in [-0.1, -0.05) is 84.4 Å². The largest absolute Gasteiger partial charge is 0.480 e. The number of halogens is 1. The van der Waals surface area contributed by atoms with Gasteiger partial charge in [-0.05, 0) is 28.8 Å². The Balaban J connectivity index is 1.69. The van der Waals surface area contributed by atoms with E-state index in [0.717, 1.165) is 16.7 Å². The number of rotatable bonds is 8. The van der Waals surface area contributed by atoms with Gasteiger partial charge in [0, 0.05) is 18.1 Å². The van der Waals surface area contributed by atoms with Crippen molar-refractivity contribution in [3.8, 4) is 0 Å². The van der Waals surface area contributed by atoms with Crippen molar-refractivity contribution in [1.29, 1.82) is 0 Å². The Morgan fingerprint density at radius 1 is 0.971 bits per heavy atom. The Hall–Kier alpha value is -3.68. The molecule has 180 valence electrons. The molecule has 7 nitrogen and oxygen atoms in total. The van der Waals surface area contributed by atoms with Crippen LogP contribution in [-0.2, 0) is 32.2 Å². The average molecular weight is 493 g/mol. The number of nitrogens with zero attached hydrogens (tertiary/aromatic N) is 2. The molecular weight excluding hydrogens is 468 g/mol. The van der Waals surface area contributed by atoms with Crippen molar-refractivity contribution in [2.75, 3.05) is 13.2 Å². The molecular formula is C27H25ClN2O5. The Bertz CT molecular complexity index is 1190. The average Bonchev–Trinajstić information content (AvgIpc) is 2.85. The van der Waals surface area contributed by atoms with Crippen LogP contribution in [0.1, 0.15) is 22.7 Å². The van der Waals surface area contributed by atoms with Crippen molar-refractivity contribution in [3.63, 3.8) is 0 Å². The SMILES string of the molecule is O=C(O)CN(Cc1ccccc1)C(=O)[C@@H]1OCC(=O)N(Cc2cccc(Cl)c2)[C@@H]1c1ccccc1. The second-order valence-electron chi connectivity index (χ2n) is 8.31. The third-order valence-electron chi connectivity index (χ3n) is 5.81. The Kier molecular flexibility index (Phi) is 7.80. The number of carboxylic acid groups (broad SMARTS) is 1. The van der Waals surface area contributed by atoms with E-state index in [1.54, 1.807) is 23.1 Å². The molecule has 0 aromatic heterocycles. The minimum absolute atomic E-state index is 0.107. The fourth-order valence-corrected chi connectivity index (χ4v) is 4.46. The summed E-state index contributed by atoms with van der Waals surface area (Å²) < 4.78 is 5.81. The molecule has 2 amide bonds. The highest BCUT2D eigenvalue weighted by molar-refractivity contribution is 6.30. The molecule has 0 aliphatic carbocycles. The molecule has 1 heterocycles. The summed E-state index contributed by atoms with van der Waals surface area (Å²) in [5, 5.41) is 10.0. The minimum atomic E-state index is -1.13. The molecule has 0 unspecified atom stereocenters. The Morgan fingerprint density at radius 2 is 1.63 bits per heavy atom. The lowest BCUT2D eigenvalue weighted by Gasteiger charge is -2.42. The van der Waals surface area contributed by atoms with E-state index in [-0.39, 0.29) is 25.6 Å². The number of carboxylic acids is 1. The molecule has 1 fully saturated rings. The molecule has 1 aliphatic rings. The van der Waals surface area contributed by atoms with Crippen LogP contribution in [0.3, 0.4) is 0 Å². The van der Waals surface area contributed by atoms with E-state index < -0.39 is 30.6 Å². The molecule has 1 aliphatic heterocycles. The summed E-state index contributed by atoms with van der Waals surface area (Å²) in [6.07, 6.45) is -1.07. The van der Waals surface area contributed by atoms with E-state index in [9.17, 15) is 19.5 Å². The lowest BCUT2D eigenvalue weighted by Crippen LogP contribution is -2.55. The van der Waals surface area contributed by atoms with Gasteiger partial charge in [0.1, 0.15) is 13.2 Å². The number of aliphatic carboxylic acids is 1. The predicted molar refractivity (Wildman–Crippen MR) is 130 cm³/mol. The summed E-state index contributed by atoms with van der Waals surface area (Å²) in [5.74, 6) is -1.89. The summed E-state index contributed by atoms with van der Waals surface area (Å²) in [5.41, 5.74) is 2.32. The number of morpholine rings is 1. The highest BCUT2D eigenvalue weighted by atomic mass is 35.5. The van der Waals surface area contributed by atoms with Crippen LogP contribution in [0, 0.1) is 0 Å². The zero-order valence-corrected chi connectivity index (χ0v) is 19.7. The van der Waals surface area contributed by atoms with Gasteiger partial charge in [0.25, 0.3) is 5.91 Å². The number of carbonyl (C=O) groups is 3. The van der Waals surface area contributed by atoms with Gasteiger partial charge in [0.05, 0.1) is 6.04 Å². The molecule has 8 heteroatoms. The number of amides is 2. The van der Waals surface area contributed by atoms with Crippen molar-refractivity contribution in [2.45, 2.75) is 25.2 Å². The first-order valence-corrected chi connectivity index (χ1v) is 11.5. The van der Waals surface area contributed by atoms with Crippen LogP contribution in [0.2, 0.25) is 5.02 Å². The van der Waals surface area contributed by atoms with E-state index >= 15 is 0 Å². The smallest absolute Gasteiger partial charge is 0.323 e. The first-order chi connectivity index (χ1) is 16.9. The zero-order valence-electron chi connectivity index (χ0n) is 18.9. The fraction of sp³-hybridized carbons (Fsp3) is 0.222. The van der Waals surface area contributed by atoms with Gasteiger partial charge in [0.15, 0.2) is 6.10 Å². The quantitative estimate of drug-likeness (QED) is 0.515. The summed E-state index contributed by atoms with van der Waals surface area (Å²) in [4.78, 5) is 41.3. The van der Waals surface area contributed by atoms with Crippen molar-refractivity contribution in [3.05, 3.63) is 107 Å². The van der Waals surface area contributed by atoms with Crippen LogP contribution in [-0.4, -0.2) is 51.9 Å². The second-order valence-corrected chi connectivity index (χ2v) is 8.75. The molecule has 4 rings (SSSR count). The molecule has 2 atom stereocenters. The number of ether oxygens (including phenoxy) is 1. The van der Waals surface area contributed by atoms with E-state index in [1.807, 2.05) is 66.7 Å². The molecule has 35 heavy (non-hydrogen) atoms. The van der Waals surface area contributed by atoms with Gasteiger partial charge in [-0.3, -0.25) is 14.4 Å². The van der Waals surface area contributed by atoms with Gasteiger partial charge in [-0.15, -0.1) is 0 Å². The molecule has 0 radical (unpaired) electrons. The first-order valence-electron chi connectivity index (χ1n) is 11.2. The zero-order chi connectivity index (χ0) is 24.8. The van der Waals surface area contributed by atoms with Crippen LogP contribution in [0.5, 0.6) is 0 Å². The lowest BCUT2D eigenvalue weighted by molar-refractivity contribution is -0.172. The maximum absolute atomic E-state index is 13.8. The highest BCUT2D eigenvalue weighted by Crippen LogP contribution is 2.33. The molecule has 1 saturated heterocycles. The summed E-state index contributed by atoms with van der Waals surface area (Å²) in [7, 11) is 0. The van der Waals surface area contributed by atoms with Crippen LogP contribution in [0.15, 0.2) is 84.9 Å². The second kappa shape index (κ2) is 11.2. The van der Waals surface area contributed by atoms with Crippen LogP contribution in [0.4, 0.5) is 0 Å². The van der Waals surface area contributed by atoms with E-state index in [1.165, 1.54) is 4.90 Å². The molecule has 0 bridgehead atoms. The molecule has 3 aromatic carbocycles. The predicted octanol–water partition coefficient (Wildman–Crippen LogP) is 3.92. The first kappa shape index (κ1) is 24.4. The number of hydrogen-bond donors (Lipinski definition) is 1. The standard InChI is InChI=1S/C27H25ClN2O5/c28-22-13-7-10-20(14-22)16-30-23(31)18-35-26(25(30)21-11-5-2-6-12-21)27(34)29(17-24(32)33)15-19-8-3-1-4-9-19/h1-14,25-26H,15-18H2,(H,32,33)/t25-,26-/m1/s1. The van der Waals surface area contributed by atoms with Gasteiger partial charge < -0.3 is 19.6 Å². The number of hydrogen-bond acceptors (Lipinski definition) is 4. The number of carbonyl (C=O) groups excluding carboxylic acids is 2. The fourth-order valence-electron chi connectivity index (χ4n) is 4.24. The topological polar surface area (TPSA) is 87.1 Å². The third kappa shape index (κ3) is 6.07. The van der Waals surface area contributed by atoms with Crippen LogP contribution >= 0.6 is 11.6 Å². The van der Waals surface area contributed by atoms with Crippen LogP contribution < -0.4 is 0 Å². The Morgan fingerprint density at radius 3 is 2.29 bits per heavy atom. The third-order valence-corrected chi connectivity index (χ3v) is 6.04. The van der Waals surface area contributed by atoms with Gasteiger partial charge in [-0.25, -0.2) is 0 Å². The molecule has 3 aromatic rings. The van der Waals surface area contributed by atoms with E-state index in [4.69, 9.17) is 16.3 Å². The van der Waals surface area contributed by atoms with Crippen LogP contribution in [0.25, 0.3) is 0 Å². The summed E-state index contributed by atoms with van der Waals surface area (Å²) in [6, 6.07) is 24.8. The molecule has 0 spiro atoms. The van der Waals surface area contributed by atoms with E-state index in [2.05, 4.69) is 0 Å². The maximum Gasteiger partial charge on any atom is 0.323 e. The van der Waals surface area contributed by atoms with Gasteiger partial charge >= 0.3 is 5.97 Å². The Labute approximate surface area is 208 Å². The van der Waals surface area contributed by atoms with Gasteiger partial charge in [-0.2, -0.15) is 0 Å². The maximum atomic E-state index is 13.8. The monoisotopic (exact) mass is 492 g/mol. The van der Waals surface area contributed by atoms with Crippen molar-refractivity contribution >= 4 is 29.4 Å². The summed E-state index contributed by atoms with van der Waals surface area (Å²) >= 11 is 6.15. The summed E-state index contributed by atoms with van der Waals surface area (Å²) in [6.45, 7) is -0.441. The molecule has 0 saturated carbocycles. The normalized spacial score (nSPS) is 17.7. The van der Waals surface area contributed by atoms with E-state index in [0.29, 0.717) is 5.02 Å². The lowest BCUT2D eigenvalue weighted by atomic mass is 9.95. The van der Waals surface area contributed by atoms with Gasteiger partial charge in [0.2, 0.25) is 5.91 Å². The van der Waals surface area contributed by atoms with Crippen molar-refractivity contribution in [2.24, 2.45) is 0 Å².